The van der Waals surface area contributed by atoms with Gasteiger partial charge in [0.1, 0.15) is 13.6 Å². The quantitative estimate of drug-likeness (QED) is 0.107. The van der Waals surface area contributed by atoms with Crippen LogP contribution in [0.5, 0.6) is 0 Å². The topological polar surface area (TPSA) is 46.8 Å². The number of thiol groups is 1. The first-order chi connectivity index (χ1) is 20.4. The van der Waals surface area contributed by atoms with Crippen molar-refractivity contribution in [2.45, 2.75) is 49.8 Å². The van der Waals surface area contributed by atoms with Gasteiger partial charge in [0, 0.05) is 50.9 Å². The largest absolute Gasteiger partial charge is 0.480 e. The molecular formula is C35H44N3O2S3+. The van der Waals surface area contributed by atoms with E-state index in [1.807, 2.05) is 0 Å². The van der Waals surface area contributed by atoms with Crippen LogP contribution < -0.4 is 4.90 Å². The van der Waals surface area contributed by atoms with E-state index in [4.69, 9.17) is 5.11 Å². The Balaban J connectivity index is 1.53. The Morgan fingerprint density at radius 3 is 2.53 bits per heavy atom. The minimum absolute atomic E-state index is 0.0133. The van der Waals surface area contributed by atoms with Crippen molar-refractivity contribution in [3.05, 3.63) is 101 Å². The van der Waals surface area contributed by atoms with Crippen LogP contribution in [0.1, 0.15) is 45.2 Å². The molecule has 2 aliphatic rings. The predicted molar refractivity (Wildman–Crippen MR) is 190 cm³/mol. The fourth-order valence-corrected chi connectivity index (χ4v) is 7.45. The van der Waals surface area contributed by atoms with Gasteiger partial charge in [-0.1, -0.05) is 44.2 Å². The molecule has 4 rings (SSSR count). The van der Waals surface area contributed by atoms with Gasteiger partial charge in [-0.15, -0.1) is 11.8 Å². The van der Waals surface area contributed by atoms with Crippen LogP contribution in [0.4, 0.5) is 11.4 Å². The van der Waals surface area contributed by atoms with Crippen LogP contribution in [0.15, 0.2) is 94.4 Å². The molecule has 0 aliphatic carbocycles. The van der Waals surface area contributed by atoms with Gasteiger partial charge in [-0.2, -0.15) is 17.2 Å². The van der Waals surface area contributed by atoms with Crippen molar-refractivity contribution in [2.24, 2.45) is 0 Å². The van der Waals surface area contributed by atoms with E-state index in [0.29, 0.717) is 0 Å². The van der Waals surface area contributed by atoms with Gasteiger partial charge in [0.2, 0.25) is 5.69 Å². The molecule has 0 fully saturated rings. The molecule has 2 aliphatic heterocycles. The Morgan fingerprint density at radius 2 is 1.84 bits per heavy atom. The number of benzene rings is 2. The first-order valence-electron chi connectivity index (χ1n) is 14.6. The molecular weight excluding hydrogens is 591 g/mol. The minimum Gasteiger partial charge on any atom is -0.480 e. The molecule has 5 nitrogen and oxygen atoms in total. The van der Waals surface area contributed by atoms with Crippen LogP contribution >= 0.6 is 36.3 Å². The highest BCUT2D eigenvalue weighted by Gasteiger charge is 2.43. The van der Waals surface area contributed by atoms with Gasteiger partial charge >= 0.3 is 5.97 Å². The lowest BCUT2D eigenvalue weighted by Gasteiger charge is -2.26. The van der Waals surface area contributed by atoms with Crippen molar-refractivity contribution in [3.8, 4) is 0 Å². The first-order valence-corrected chi connectivity index (χ1v) is 17.2. The van der Waals surface area contributed by atoms with Gasteiger partial charge in [-0.3, -0.25) is 4.79 Å². The third-order valence-electron chi connectivity index (χ3n) is 8.23. The second-order valence-electron chi connectivity index (χ2n) is 11.9. The Bertz CT molecular complexity index is 1520. The normalized spacial score (nSPS) is 18.5. The molecule has 0 spiro atoms. The molecule has 8 heteroatoms. The SMILES string of the molecule is CSC(=C\C=C\C1=[N+](C)c2ccc(SN(C)CC(=O)O)cc2C1(C)C)/C=C/C=C1/N(CCCS)c2ccccc2C1(C)C. The van der Waals surface area contributed by atoms with Gasteiger partial charge < -0.3 is 10.0 Å². The Labute approximate surface area is 271 Å². The number of hydrogen-bond donors (Lipinski definition) is 2. The number of carbonyl (C=O) groups is 1. The molecule has 0 unspecified atom stereocenters. The number of anilines is 1. The van der Waals surface area contributed by atoms with E-state index in [2.05, 4.69) is 142 Å². The molecule has 43 heavy (non-hydrogen) atoms. The zero-order chi connectivity index (χ0) is 31.4. The van der Waals surface area contributed by atoms with Crippen molar-refractivity contribution >= 4 is 59.4 Å². The fraction of sp³-hybridized carbons (Fsp3) is 0.371. The van der Waals surface area contributed by atoms with Gasteiger partial charge in [0.25, 0.3) is 0 Å². The molecule has 0 aromatic heterocycles. The van der Waals surface area contributed by atoms with Crippen molar-refractivity contribution in [1.82, 2.24) is 4.31 Å². The Hall–Kier alpha value is -2.65. The highest BCUT2D eigenvalue weighted by molar-refractivity contribution is 8.02. The lowest BCUT2D eigenvalue weighted by molar-refractivity contribution is -0.401. The van der Waals surface area contributed by atoms with Crippen LogP contribution in [-0.4, -0.2) is 64.9 Å². The summed E-state index contributed by atoms with van der Waals surface area (Å²) in [6.07, 6.45) is 16.3. The number of hydrogen-bond acceptors (Lipinski definition) is 6. The molecule has 0 bridgehead atoms. The van der Waals surface area contributed by atoms with E-state index in [9.17, 15) is 4.79 Å². The molecule has 0 amide bonds. The van der Waals surface area contributed by atoms with E-state index in [0.717, 1.165) is 23.6 Å². The number of rotatable bonds is 12. The van der Waals surface area contributed by atoms with Crippen molar-refractivity contribution < 1.29 is 14.5 Å². The van der Waals surface area contributed by atoms with Crippen molar-refractivity contribution in [2.75, 3.05) is 44.1 Å². The summed E-state index contributed by atoms with van der Waals surface area (Å²) in [6, 6.07) is 15.1. The van der Waals surface area contributed by atoms with Gasteiger partial charge in [0.15, 0.2) is 5.71 Å². The van der Waals surface area contributed by atoms with E-state index < -0.39 is 5.97 Å². The maximum atomic E-state index is 11.1. The smallest absolute Gasteiger partial charge is 0.318 e. The predicted octanol–water partition coefficient (Wildman–Crippen LogP) is 8.08. The van der Waals surface area contributed by atoms with Gasteiger partial charge in [-0.05, 0) is 93.3 Å². The summed E-state index contributed by atoms with van der Waals surface area (Å²) >= 11 is 7.66. The number of thioether (sulfide) groups is 1. The van der Waals surface area contributed by atoms with Crippen molar-refractivity contribution in [1.29, 1.82) is 0 Å². The number of aliphatic carboxylic acids is 1. The average molecular weight is 635 g/mol. The summed E-state index contributed by atoms with van der Waals surface area (Å²) < 4.78 is 4.00. The molecule has 228 valence electrons. The summed E-state index contributed by atoms with van der Waals surface area (Å²) in [5, 5.41) is 9.11. The van der Waals surface area contributed by atoms with E-state index in [1.54, 1.807) is 23.1 Å². The van der Waals surface area contributed by atoms with E-state index in [-0.39, 0.29) is 17.4 Å². The summed E-state index contributed by atoms with van der Waals surface area (Å²) in [5.41, 5.74) is 7.39. The Kier molecular flexibility index (Phi) is 10.8. The standard InChI is InChI=1S/C35H43N3O2S3/c1-34(2)27-15-8-9-16-30(27)38(21-12-22-41)32(34)18-11-14-25(42-7)13-10-17-31-35(3,4)28-23-26(19-20-29(28)37(31)6)43-36(5)24-33(39)40/h8-11,13-20,23H,12,21-22,24H2,1-7H3,(H-,39,40,41)/p+1. The van der Waals surface area contributed by atoms with Gasteiger partial charge in [-0.25, -0.2) is 4.31 Å². The van der Waals surface area contributed by atoms with Crippen LogP contribution in [0, 0.1) is 0 Å². The molecule has 2 heterocycles. The summed E-state index contributed by atoms with van der Waals surface area (Å²) in [6.45, 7) is 10.1. The van der Waals surface area contributed by atoms with Crippen LogP contribution in [-0.2, 0) is 15.6 Å². The second kappa shape index (κ2) is 14.0. The van der Waals surface area contributed by atoms with Crippen LogP contribution in [0.2, 0.25) is 0 Å². The van der Waals surface area contributed by atoms with Crippen molar-refractivity contribution in [3.63, 3.8) is 0 Å². The highest BCUT2D eigenvalue weighted by atomic mass is 32.2. The minimum atomic E-state index is -0.833. The van der Waals surface area contributed by atoms with E-state index in [1.165, 1.54) is 50.8 Å². The molecule has 0 radical (unpaired) electrons. The zero-order valence-corrected chi connectivity index (χ0v) is 28.8. The maximum absolute atomic E-state index is 11.1. The summed E-state index contributed by atoms with van der Waals surface area (Å²) in [5.74, 6) is 0.0362. The highest BCUT2D eigenvalue weighted by Crippen LogP contribution is 2.47. The number of likely N-dealkylation sites (N-methyl/N-ethyl adjacent to an activating group) is 1. The maximum Gasteiger partial charge on any atom is 0.318 e. The summed E-state index contributed by atoms with van der Waals surface area (Å²) in [4.78, 5) is 15.8. The lowest BCUT2D eigenvalue weighted by atomic mass is 9.81. The lowest BCUT2D eigenvalue weighted by Crippen LogP contribution is -2.27. The zero-order valence-electron chi connectivity index (χ0n) is 26.3. The third-order valence-corrected chi connectivity index (χ3v) is 10.2. The van der Waals surface area contributed by atoms with Crippen LogP contribution in [0.25, 0.3) is 0 Å². The van der Waals surface area contributed by atoms with Crippen LogP contribution in [0.3, 0.4) is 0 Å². The fourth-order valence-electron chi connectivity index (χ4n) is 6.05. The molecule has 0 atom stereocenters. The Morgan fingerprint density at radius 1 is 1.09 bits per heavy atom. The number of nitrogens with zero attached hydrogens (tertiary/aromatic N) is 3. The average Bonchev–Trinajstić information content (AvgIpc) is 3.28. The molecule has 0 saturated carbocycles. The number of para-hydroxylation sites is 1. The van der Waals surface area contributed by atoms with E-state index >= 15 is 0 Å². The number of fused-ring (bicyclic) bond motifs is 2. The third kappa shape index (κ3) is 7.19. The second-order valence-corrected chi connectivity index (χ2v) is 14.5. The monoisotopic (exact) mass is 634 g/mol. The number of carboxylic acid groups (broad SMARTS) is 1. The molecule has 2 aromatic rings. The van der Waals surface area contributed by atoms with Gasteiger partial charge in [0.05, 0.1) is 5.41 Å². The number of allylic oxidation sites excluding steroid dienone is 7. The first kappa shape index (κ1) is 33.2. The number of carboxylic acids is 1. The molecule has 2 aromatic carbocycles. The summed E-state index contributed by atoms with van der Waals surface area (Å²) in [7, 11) is 3.92. The molecule has 0 saturated heterocycles. The molecule has 1 N–H and O–H groups in total.